The van der Waals surface area contributed by atoms with Gasteiger partial charge in [0.15, 0.2) is 0 Å². The van der Waals surface area contributed by atoms with E-state index in [2.05, 4.69) is 4.98 Å². The zero-order chi connectivity index (χ0) is 14.1. The molecule has 0 unspecified atom stereocenters. The summed E-state index contributed by atoms with van der Waals surface area (Å²) >= 11 is 1.44. The van der Waals surface area contributed by atoms with Gasteiger partial charge in [0.25, 0.3) is 10.7 Å². The van der Waals surface area contributed by atoms with Gasteiger partial charge in [0.1, 0.15) is 5.39 Å². The summed E-state index contributed by atoms with van der Waals surface area (Å²) in [7, 11) is 0. The SMILES string of the molecule is O=c1[nH+]c(-c2ccc([N+](=O)[O-])cc2)sc2ccccc12. The quantitative estimate of drug-likeness (QED) is 0.536. The van der Waals surface area contributed by atoms with Crippen molar-refractivity contribution >= 4 is 27.1 Å². The number of nitro benzene ring substituents is 1. The molecule has 0 fully saturated rings. The number of H-pyrrole nitrogens is 1. The number of aromatic amines is 1. The van der Waals surface area contributed by atoms with E-state index in [1.807, 2.05) is 18.2 Å². The second-order valence-electron chi connectivity index (χ2n) is 4.19. The monoisotopic (exact) mass is 285 g/mol. The number of fused-ring (bicyclic) bond motifs is 1. The molecule has 1 aromatic heterocycles. The summed E-state index contributed by atoms with van der Waals surface area (Å²) in [5, 5.41) is 12.0. The first-order chi connectivity index (χ1) is 9.65. The van der Waals surface area contributed by atoms with Crippen LogP contribution in [0.5, 0.6) is 0 Å². The van der Waals surface area contributed by atoms with E-state index in [-0.39, 0.29) is 11.2 Å². The molecule has 0 aliphatic heterocycles. The lowest BCUT2D eigenvalue weighted by Crippen LogP contribution is -2.27. The van der Waals surface area contributed by atoms with Gasteiger partial charge in [0, 0.05) is 12.1 Å². The molecule has 0 aliphatic carbocycles. The average Bonchev–Trinajstić information content (AvgIpc) is 2.47. The number of benzene rings is 2. The minimum atomic E-state index is -0.448. The van der Waals surface area contributed by atoms with Crippen molar-refractivity contribution < 1.29 is 9.91 Å². The van der Waals surface area contributed by atoms with Gasteiger partial charge in [-0.2, -0.15) is 4.98 Å². The van der Waals surface area contributed by atoms with Gasteiger partial charge >= 0.3 is 5.56 Å². The molecular formula is C14H9N2O3S+. The highest BCUT2D eigenvalue weighted by atomic mass is 32.1. The van der Waals surface area contributed by atoms with E-state index in [4.69, 9.17) is 0 Å². The fourth-order valence-corrected chi connectivity index (χ4v) is 2.95. The van der Waals surface area contributed by atoms with Crippen LogP contribution >= 0.6 is 11.3 Å². The fourth-order valence-electron chi connectivity index (χ4n) is 1.91. The summed E-state index contributed by atoms with van der Waals surface area (Å²) in [4.78, 5) is 25.0. The number of nitro groups is 1. The maximum Gasteiger partial charge on any atom is 0.420 e. The Morgan fingerprint density at radius 3 is 2.45 bits per heavy atom. The number of hydrogen-bond donors (Lipinski definition) is 0. The van der Waals surface area contributed by atoms with Crippen LogP contribution in [0.2, 0.25) is 0 Å². The van der Waals surface area contributed by atoms with Crippen LogP contribution in [0.15, 0.2) is 53.3 Å². The molecule has 0 saturated carbocycles. The van der Waals surface area contributed by atoms with E-state index in [9.17, 15) is 14.9 Å². The van der Waals surface area contributed by atoms with Gasteiger partial charge < -0.3 is 0 Å². The molecule has 5 nitrogen and oxygen atoms in total. The minimum absolute atomic E-state index is 0.0295. The van der Waals surface area contributed by atoms with Crippen LogP contribution < -0.4 is 10.5 Å². The molecule has 1 heterocycles. The van der Waals surface area contributed by atoms with Crippen LogP contribution in [0.1, 0.15) is 0 Å². The van der Waals surface area contributed by atoms with E-state index in [1.54, 1.807) is 18.2 Å². The van der Waals surface area contributed by atoms with Crippen molar-refractivity contribution in [2.24, 2.45) is 0 Å². The average molecular weight is 285 g/mol. The van der Waals surface area contributed by atoms with Gasteiger partial charge in [0.05, 0.1) is 15.2 Å². The standard InChI is InChI=1S/C14H8N2O3S/c17-13-11-3-1-2-4-12(11)20-14(15-13)9-5-7-10(8-6-9)16(18)19/h1-8H/p+1. The Balaban J connectivity index is 2.14. The molecule has 2 aromatic carbocycles. The van der Waals surface area contributed by atoms with Crippen molar-refractivity contribution in [1.82, 2.24) is 0 Å². The van der Waals surface area contributed by atoms with Crippen LogP contribution in [0, 0.1) is 10.1 Å². The topological polar surface area (TPSA) is 74.3 Å². The van der Waals surface area contributed by atoms with E-state index in [0.717, 1.165) is 10.3 Å². The van der Waals surface area contributed by atoms with Gasteiger partial charge in [-0.1, -0.05) is 23.5 Å². The number of nitrogens with zero attached hydrogens (tertiary/aromatic N) is 1. The molecule has 0 saturated heterocycles. The Morgan fingerprint density at radius 1 is 1.05 bits per heavy atom. The van der Waals surface area contributed by atoms with Crippen molar-refractivity contribution in [1.29, 1.82) is 0 Å². The molecule has 0 radical (unpaired) electrons. The van der Waals surface area contributed by atoms with Gasteiger partial charge in [-0.3, -0.25) is 10.1 Å². The number of hydrogen-bond acceptors (Lipinski definition) is 4. The Kier molecular flexibility index (Phi) is 3.00. The van der Waals surface area contributed by atoms with E-state index in [1.165, 1.54) is 23.5 Å². The smallest absolute Gasteiger partial charge is 0.258 e. The molecule has 3 aromatic rings. The van der Waals surface area contributed by atoms with Crippen LogP contribution in [-0.2, 0) is 0 Å². The molecule has 3 rings (SSSR count). The third-order valence-corrected chi connectivity index (χ3v) is 4.03. The third kappa shape index (κ3) is 2.17. The van der Waals surface area contributed by atoms with Crippen molar-refractivity contribution in [3.05, 3.63) is 69.0 Å². The predicted molar refractivity (Wildman–Crippen MR) is 76.7 cm³/mol. The highest BCUT2D eigenvalue weighted by Gasteiger charge is 2.14. The van der Waals surface area contributed by atoms with Crippen molar-refractivity contribution in [3.8, 4) is 10.6 Å². The predicted octanol–water partition coefficient (Wildman–Crippen LogP) is 2.65. The molecule has 0 amide bonds. The number of nitrogens with one attached hydrogen (secondary N) is 1. The van der Waals surface area contributed by atoms with Gasteiger partial charge in [0.2, 0.25) is 0 Å². The molecule has 0 aliphatic rings. The normalized spacial score (nSPS) is 10.6. The molecule has 0 spiro atoms. The molecular weight excluding hydrogens is 276 g/mol. The van der Waals surface area contributed by atoms with Gasteiger partial charge in [-0.05, 0) is 24.3 Å². The van der Waals surface area contributed by atoms with Crippen LogP contribution in [-0.4, -0.2) is 4.92 Å². The first-order valence-electron chi connectivity index (χ1n) is 5.85. The minimum Gasteiger partial charge on any atom is -0.258 e. The summed E-state index contributed by atoms with van der Waals surface area (Å²) in [6.07, 6.45) is 0. The summed E-state index contributed by atoms with van der Waals surface area (Å²) in [6, 6.07) is 13.5. The van der Waals surface area contributed by atoms with E-state index < -0.39 is 4.92 Å². The molecule has 6 heteroatoms. The second-order valence-corrected chi connectivity index (χ2v) is 5.24. The molecule has 1 N–H and O–H groups in total. The summed E-state index contributed by atoms with van der Waals surface area (Å²) in [5.74, 6) is 0. The highest BCUT2D eigenvalue weighted by Crippen LogP contribution is 2.25. The highest BCUT2D eigenvalue weighted by molar-refractivity contribution is 7.20. The number of aromatic nitrogens is 1. The Bertz CT molecular complexity index is 856. The fraction of sp³-hybridized carbons (Fsp3) is 0. The zero-order valence-corrected chi connectivity index (χ0v) is 11.0. The molecule has 0 atom stereocenters. The summed E-state index contributed by atoms with van der Waals surface area (Å²) in [6.45, 7) is 0. The largest absolute Gasteiger partial charge is 0.420 e. The Morgan fingerprint density at radius 2 is 1.75 bits per heavy atom. The van der Waals surface area contributed by atoms with Gasteiger partial charge in [-0.15, -0.1) is 0 Å². The lowest BCUT2D eigenvalue weighted by Gasteiger charge is -1.96. The Labute approximate surface area is 117 Å². The first-order valence-corrected chi connectivity index (χ1v) is 6.67. The van der Waals surface area contributed by atoms with Crippen LogP contribution in [0.25, 0.3) is 20.7 Å². The maximum absolute atomic E-state index is 12.0. The first kappa shape index (κ1) is 12.4. The lowest BCUT2D eigenvalue weighted by molar-refractivity contribution is -0.384. The molecule has 0 bridgehead atoms. The van der Waals surface area contributed by atoms with Crippen molar-refractivity contribution in [2.75, 3.05) is 0 Å². The summed E-state index contributed by atoms with van der Waals surface area (Å²) in [5.41, 5.74) is 0.623. The van der Waals surface area contributed by atoms with Crippen molar-refractivity contribution in [2.45, 2.75) is 0 Å². The van der Waals surface area contributed by atoms with E-state index >= 15 is 0 Å². The van der Waals surface area contributed by atoms with E-state index in [0.29, 0.717) is 10.4 Å². The van der Waals surface area contributed by atoms with Crippen LogP contribution in [0.4, 0.5) is 5.69 Å². The van der Waals surface area contributed by atoms with Crippen molar-refractivity contribution in [3.63, 3.8) is 0 Å². The number of rotatable bonds is 2. The Hall–Kier alpha value is -2.60. The maximum atomic E-state index is 12.0. The molecule has 20 heavy (non-hydrogen) atoms. The third-order valence-electron chi connectivity index (χ3n) is 2.91. The zero-order valence-electron chi connectivity index (χ0n) is 10.2. The summed E-state index contributed by atoms with van der Waals surface area (Å²) < 4.78 is 0.879. The lowest BCUT2D eigenvalue weighted by atomic mass is 10.2. The molecule has 98 valence electrons. The van der Waals surface area contributed by atoms with Gasteiger partial charge in [-0.25, -0.2) is 4.79 Å². The van der Waals surface area contributed by atoms with Crippen LogP contribution in [0.3, 0.4) is 0 Å². The number of non-ortho nitro benzene ring substituents is 1. The second kappa shape index (κ2) is 4.82.